The molecule has 1 radical (unpaired) electrons. The molecule has 0 fully saturated rings. The Balaban J connectivity index is 1.36. The predicted molar refractivity (Wildman–Crippen MR) is 175 cm³/mol. The Bertz CT molecular complexity index is 1310. The Morgan fingerprint density at radius 1 is 0.632 bits per heavy atom. The van der Waals surface area contributed by atoms with Crippen molar-refractivity contribution in [1.29, 1.82) is 0 Å². The predicted octanol–water partition coefficient (Wildman–Crippen LogP) is 12.5. The number of allylic oxidation sites excluding steroid dienone is 4. The fraction of sp³-hybridized carbons (Fsp3) is 0.382. The van der Waals surface area contributed by atoms with Crippen LogP contribution in [0, 0.1) is 5.92 Å². The van der Waals surface area contributed by atoms with Gasteiger partial charge < -0.3 is 0 Å². The zero-order chi connectivity index (χ0) is 26.2. The van der Waals surface area contributed by atoms with Crippen LogP contribution < -0.4 is 0 Å². The summed E-state index contributed by atoms with van der Waals surface area (Å²) in [5.74, 6) is 1.49. The van der Waals surface area contributed by atoms with Crippen LogP contribution in [0.25, 0.3) is 25.1 Å². The highest BCUT2D eigenvalue weighted by molar-refractivity contribution is 7.22. The summed E-state index contributed by atoms with van der Waals surface area (Å²) < 4.78 is 0. The lowest BCUT2D eigenvalue weighted by molar-refractivity contribution is 0.666. The maximum absolute atomic E-state index is 2.50. The first-order chi connectivity index (χ1) is 18.8. The van der Waals surface area contributed by atoms with Crippen molar-refractivity contribution in [2.24, 2.45) is 0 Å². The van der Waals surface area contributed by atoms with E-state index in [1.807, 2.05) is 45.3 Å². The number of hydrogen-bond donors (Lipinski definition) is 0. The lowest BCUT2D eigenvalue weighted by Crippen LogP contribution is -2.01. The van der Waals surface area contributed by atoms with Gasteiger partial charge in [-0.15, -0.1) is 45.3 Å². The highest BCUT2D eigenvalue weighted by atomic mass is 32.1. The molecule has 4 aromatic rings. The summed E-state index contributed by atoms with van der Waals surface area (Å²) in [5.41, 5.74) is 4.52. The summed E-state index contributed by atoms with van der Waals surface area (Å²) in [6, 6.07) is 13.8. The van der Waals surface area contributed by atoms with Gasteiger partial charge in [-0.05, 0) is 83.8 Å². The van der Waals surface area contributed by atoms with E-state index in [1.165, 1.54) is 105 Å². The van der Waals surface area contributed by atoms with E-state index in [9.17, 15) is 0 Å². The summed E-state index contributed by atoms with van der Waals surface area (Å²) in [5, 5.41) is 4.39. The van der Waals surface area contributed by atoms with E-state index < -0.39 is 0 Å². The second-order valence-electron chi connectivity index (χ2n) is 10.2. The van der Waals surface area contributed by atoms with E-state index in [2.05, 4.69) is 79.2 Å². The third-order valence-electron chi connectivity index (χ3n) is 7.31. The number of thiophene rings is 4. The second kappa shape index (κ2) is 14.1. The Morgan fingerprint density at radius 3 is 1.71 bits per heavy atom. The van der Waals surface area contributed by atoms with Gasteiger partial charge in [-0.3, -0.25) is 0 Å². The molecule has 0 saturated carbocycles. The van der Waals surface area contributed by atoms with Crippen LogP contribution in [0.2, 0.25) is 0 Å². The van der Waals surface area contributed by atoms with Crippen molar-refractivity contribution in [3.05, 3.63) is 92.2 Å². The van der Waals surface area contributed by atoms with Crippen LogP contribution in [-0.2, 0) is 12.8 Å². The molecule has 0 aliphatic heterocycles. The summed E-state index contributed by atoms with van der Waals surface area (Å²) >= 11 is 7.71. The zero-order valence-electron chi connectivity index (χ0n) is 22.8. The summed E-state index contributed by atoms with van der Waals surface area (Å²) in [7, 11) is 0. The smallest absolute Gasteiger partial charge is 0.0452 e. The third-order valence-corrected chi connectivity index (χ3v) is 11.9. The fourth-order valence-electron chi connectivity index (χ4n) is 5.19. The maximum atomic E-state index is 2.50. The Morgan fingerprint density at radius 2 is 1.21 bits per heavy atom. The molecular weight excluding hydrogens is 537 g/mol. The topological polar surface area (TPSA) is 0 Å². The van der Waals surface area contributed by atoms with E-state index >= 15 is 0 Å². The minimum absolute atomic E-state index is 1.03. The first kappa shape index (κ1) is 27.8. The van der Waals surface area contributed by atoms with Gasteiger partial charge in [0.05, 0.1) is 0 Å². The lowest BCUT2D eigenvalue weighted by atomic mass is 9.90. The maximum Gasteiger partial charge on any atom is 0.0452 e. The first-order valence-corrected chi connectivity index (χ1v) is 17.7. The van der Waals surface area contributed by atoms with Crippen LogP contribution in [0.3, 0.4) is 0 Å². The van der Waals surface area contributed by atoms with Gasteiger partial charge in [0.15, 0.2) is 0 Å². The van der Waals surface area contributed by atoms with E-state index in [0.717, 1.165) is 6.42 Å². The third kappa shape index (κ3) is 6.88. The van der Waals surface area contributed by atoms with Crippen LogP contribution >= 0.6 is 45.3 Å². The molecule has 0 aromatic carbocycles. The van der Waals surface area contributed by atoms with Gasteiger partial charge in [-0.1, -0.05) is 82.7 Å². The number of aryl methyl sites for hydroxylation is 2. The molecule has 0 amide bonds. The minimum Gasteiger partial charge on any atom is -0.143 e. The molecule has 0 unspecified atom stereocenters. The van der Waals surface area contributed by atoms with Crippen molar-refractivity contribution < 1.29 is 0 Å². The van der Waals surface area contributed by atoms with Gasteiger partial charge in [0.1, 0.15) is 0 Å². The largest absolute Gasteiger partial charge is 0.143 e. The summed E-state index contributed by atoms with van der Waals surface area (Å²) in [6.07, 6.45) is 21.3. The molecule has 0 bridgehead atoms. The van der Waals surface area contributed by atoms with Crippen LogP contribution in [0.15, 0.2) is 65.4 Å². The Hall–Kier alpha value is -1.72. The summed E-state index contributed by atoms with van der Waals surface area (Å²) in [6.45, 7) is 4.59. The van der Waals surface area contributed by atoms with Crippen molar-refractivity contribution in [3.8, 4) is 19.5 Å². The monoisotopic (exact) mass is 575 g/mol. The van der Waals surface area contributed by atoms with Crippen LogP contribution in [0.1, 0.15) is 92.5 Å². The minimum atomic E-state index is 1.03. The Labute approximate surface area is 245 Å². The van der Waals surface area contributed by atoms with E-state index in [1.54, 1.807) is 11.1 Å². The molecule has 0 atom stereocenters. The van der Waals surface area contributed by atoms with E-state index in [4.69, 9.17) is 0 Å². The highest BCUT2D eigenvalue weighted by Crippen LogP contribution is 2.44. The summed E-state index contributed by atoms with van der Waals surface area (Å²) in [4.78, 5) is 8.67. The van der Waals surface area contributed by atoms with Crippen LogP contribution in [-0.4, -0.2) is 0 Å². The number of rotatable bonds is 14. The van der Waals surface area contributed by atoms with Gasteiger partial charge in [0, 0.05) is 35.2 Å². The number of unbranched alkanes of at least 4 members (excludes halogenated alkanes) is 6. The molecule has 0 nitrogen and oxygen atoms in total. The molecule has 1 aliphatic rings. The van der Waals surface area contributed by atoms with Gasteiger partial charge >= 0.3 is 0 Å². The lowest BCUT2D eigenvalue weighted by Gasteiger charge is -2.17. The normalized spacial score (nSPS) is 13.9. The average molecular weight is 576 g/mol. The second-order valence-corrected chi connectivity index (χ2v) is 14.2. The number of hydrogen-bond acceptors (Lipinski definition) is 4. The van der Waals surface area contributed by atoms with Gasteiger partial charge in [0.25, 0.3) is 0 Å². The molecule has 5 rings (SSSR count). The SMILES string of the molecule is CCCCCCc1cc(-c2cccs2)sc1[C]1C=CC(c2sc(-c3cccs3)cc2CCCCCC)=CC1. The van der Waals surface area contributed by atoms with Crippen molar-refractivity contribution in [1.82, 2.24) is 0 Å². The molecule has 4 heterocycles. The molecule has 0 spiro atoms. The highest BCUT2D eigenvalue weighted by Gasteiger charge is 2.22. The van der Waals surface area contributed by atoms with Crippen molar-refractivity contribution in [2.45, 2.75) is 84.5 Å². The molecule has 0 N–H and O–H groups in total. The van der Waals surface area contributed by atoms with Crippen molar-refractivity contribution >= 4 is 50.9 Å². The quantitative estimate of drug-likeness (QED) is 0.131. The molecule has 38 heavy (non-hydrogen) atoms. The molecule has 1 aliphatic carbocycles. The first-order valence-electron chi connectivity index (χ1n) is 14.3. The molecule has 199 valence electrons. The Kier molecular flexibility index (Phi) is 10.3. The zero-order valence-corrected chi connectivity index (χ0v) is 26.0. The average Bonchev–Trinajstić information content (AvgIpc) is 3.75. The van der Waals surface area contributed by atoms with E-state index in [-0.39, 0.29) is 0 Å². The van der Waals surface area contributed by atoms with Gasteiger partial charge in [0.2, 0.25) is 0 Å². The van der Waals surface area contributed by atoms with Crippen molar-refractivity contribution in [3.63, 3.8) is 0 Å². The molecular formula is C34H39S4. The van der Waals surface area contributed by atoms with Crippen LogP contribution in [0.5, 0.6) is 0 Å². The van der Waals surface area contributed by atoms with E-state index in [0.29, 0.717) is 0 Å². The fourth-order valence-corrected chi connectivity index (χ4v) is 9.32. The van der Waals surface area contributed by atoms with Crippen LogP contribution in [0.4, 0.5) is 0 Å². The molecule has 0 saturated heterocycles. The van der Waals surface area contributed by atoms with Gasteiger partial charge in [-0.25, -0.2) is 0 Å². The molecule has 4 aromatic heterocycles. The van der Waals surface area contributed by atoms with Gasteiger partial charge in [-0.2, -0.15) is 0 Å². The molecule has 4 heteroatoms. The standard InChI is InChI=1S/C34H39S4/c1-3-5-7-9-13-27-23-31(29-15-11-21-35-29)37-33(27)25-17-19-26(20-18-25)34-28(14-10-8-6-4-2)24-32(38-34)30-16-12-22-36-30/h11-12,15-19,21-24H,3-10,13-14,20H2,1-2H3. The van der Waals surface area contributed by atoms with Crippen molar-refractivity contribution in [2.75, 3.05) is 0 Å².